The van der Waals surface area contributed by atoms with Crippen LogP contribution >= 0.6 is 0 Å². The SMILES string of the molecule is NS(=O)(=O)c1cc(-c2ccccc2)cc(C(F)(F)F)c1-n1cccn1. The molecule has 0 saturated heterocycles. The van der Waals surface area contributed by atoms with Crippen LogP contribution in [0.25, 0.3) is 16.8 Å². The van der Waals surface area contributed by atoms with Crippen molar-refractivity contribution in [1.82, 2.24) is 9.78 Å². The summed E-state index contributed by atoms with van der Waals surface area (Å²) < 4.78 is 65.7. The summed E-state index contributed by atoms with van der Waals surface area (Å²) in [5, 5.41) is 8.92. The number of halogens is 3. The first-order valence-electron chi connectivity index (χ1n) is 7.01. The molecule has 1 aromatic heterocycles. The molecular weight excluding hydrogens is 355 g/mol. The summed E-state index contributed by atoms with van der Waals surface area (Å²) in [4.78, 5) is -0.648. The topological polar surface area (TPSA) is 78.0 Å². The standard InChI is InChI=1S/C16H12F3N3O2S/c17-16(18,19)13-9-12(11-5-2-1-3-6-11)10-14(25(20,23)24)15(13)22-8-4-7-21-22/h1-10H,(H2,20,23,24). The number of benzene rings is 2. The maximum Gasteiger partial charge on any atom is 0.418 e. The third kappa shape index (κ3) is 3.42. The monoisotopic (exact) mass is 367 g/mol. The van der Waals surface area contributed by atoms with Crippen LogP contribution in [0.15, 0.2) is 65.8 Å². The van der Waals surface area contributed by atoms with Gasteiger partial charge in [-0.25, -0.2) is 18.2 Å². The van der Waals surface area contributed by atoms with Crippen LogP contribution in [0.5, 0.6) is 0 Å². The lowest BCUT2D eigenvalue weighted by molar-refractivity contribution is -0.137. The minimum Gasteiger partial charge on any atom is -0.239 e. The molecule has 0 spiro atoms. The van der Waals surface area contributed by atoms with E-state index in [0.29, 0.717) is 5.56 Å². The predicted octanol–water partition coefficient (Wildman–Crippen LogP) is 3.21. The summed E-state index contributed by atoms with van der Waals surface area (Å²) in [6.45, 7) is 0. The minimum atomic E-state index is -4.80. The van der Waals surface area contributed by atoms with E-state index in [1.54, 1.807) is 30.3 Å². The van der Waals surface area contributed by atoms with E-state index in [1.165, 1.54) is 18.5 Å². The summed E-state index contributed by atoms with van der Waals surface area (Å²) in [5.41, 5.74) is -1.24. The van der Waals surface area contributed by atoms with Gasteiger partial charge >= 0.3 is 6.18 Å². The number of rotatable bonds is 3. The molecule has 0 radical (unpaired) electrons. The summed E-state index contributed by atoms with van der Waals surface area (Å²) >= 11 is 0. The maximum atomic E-state index is 13.6. The van der Waals surface area contributed by atoms with E-state index in [-0.39, 0.29) is 5.56 Å². The summed E-state index contributed by atoms with van der Waals surface area (Å²) in [6.07, 6.45) is -2.33. The van der Waals surface area contributed by atoms with Crippen molar-refractivity contribution in [2.24, 2.45) is 5.14 Å². The quantitative estimate of drug-likeness (QED) is 0.772. The molecule has 0 atom stereocenters. The van der Waals surface area contributed by atoms with Gasteiger partial charge in [0.1, 0.15) is 4.90 Å². The van der Waals surface area contributed by atoms with E-state index in [2.05, 4.69) is 5.10 Å². The molecule has 2 N–H and O–H groups in total. The van der Waals surface area contributed by atoms with Gasteiger partial charge in [-0.15, -0.1) is 0 Å². The van der Waals surface area contributed by atoms with E-state index >= 15 is 0 Å². The Labute approximate surface area is 141 Å². The third-order valence-corrected chi connectivity index (χ3v) is 4.45. The van der Waals surface area contributed by atoms with Crippen LogP contribution in [0.4, 0.5) is 13.2 Å². The number of nitrogens with two attached hydrogens (primary N) is 1. The second-order valence-electron chi connectivity index (χ2n) is 5.23. The van der Waals surface area contributed by atoms with Crippen LogP contribution < -0.4 is 5.14 Å². The van der Waals surface area contributed by atoms with Gasteiger partial charge in [0.05, 0.1) is 11.3 Å². The van der Waals surface area contributed by atoms with Gasteiger partial charge in [-0.2, -0.15) is 18.3 Å². The second-order valence-corrected chi connectivity index (χ2v) is 6.76. The molecule has 9 heteroatoms. The molecule has 3 aromatic rings. The molecule has 0 saturated carbocycles. The molecule has 130 valence electrons. The van der Waals surface area contributed by atoms with Gasteiger partial charge in [-0.1, -0.05) is 30.3 Å². The van der Waals surface area contributed by atoms with Crippen molar-refractivity contribution in [1.29, 1.82) is 0 Å². The Balaban J connectivity index is 2.42. The zero-order valence-corrected chi connectivity index (χ0v) is 13.4. The Morgan fingerprint density at radius 1 is 1.00 bits per heavy atom. The summed E-state index contributed by atoms with van der Waals surface area (Å²) in [6, 6.07) is 11.5. The molecular formula is C16H12F3N3O2S. The van der Waals surface area contributed by atoms with Crippen LogP contribution in [0, 0.1) is 0 Å². The first-order chi connectivity index (χ1) is 11.7. The number of hydrogen-bond acceptors (Lipinski definition) is 3. The maximum absolute atomic E-state index is 13.6. The summed E-state index contributed by atoms with van der Waals surface area (Å²) in [7, 11) is -4.43. The van der Waals surface area contributed by atoms with Gasteiger partial charge < -0.3 is 0 Å². The average molecular weight is 367 g/mol. The van der Waals surface area contributed by atoms with E-state index in [9.17, 15) is 21.6 Å². The highest BCUT2D eigenvalue weighted by Gasteiger charge is 2.37. The fourth-order valence-electron chi connectivity index (χ4n) is 2.48. The molecule has 0 bridgehead atoms. The van der Waals surface area contributed by atoms with E-state index < -0.39 is 32.3 Å². The first kappa shape index (κ1) is 17.2. The molecule has 0 fully saturated rings. The van der Waals surface area contributed by atoms with Gasteiger partial charge in [0, 0.05) is 12.4 Å². The van der Waals surface area contributed by atoms with Gasteiger partial charge in [0.2, 0.25) is 10.0 Å². The first-order valence-corrected chi connectivity index (χ1v) is 8.56. The molecule has 5 nitrogen and oxygen atoms in total. The Morgan fingerprint density at radius 3 is 2.20 bits per heavy atom. The van der Waals surface area contributed by atoms with Crippen LogP contribution in [0.2, 0.25) is 0 Å². The normalized spacial score (nSPS) is 12.3. The van der Waals surface area contributed by atoms with Crippen LogP contribution in [-0.4, -0.2) is 18.2 Å². The number of alkyl halides is 3. The molecule has 1 heterocycles. The van der Waals surface area contributed by atoms with Crippen molar-refractivity contribution in [3.63, 3.8) is 0 Å². The smallest absolute Gasteiger partial charge is 0.239 e. The van der Waals surface area contributed by atoms with E-state index in [1.807, 2.05) is 0 Å². The van der Waals surface area contributed by atoms with Crippen molar-refractivity contribution >= 4 is 10.0 Å². The lowest BCUT2D eigenvalue weighted by Crippen LogP contribution is -2.20. The van der Waals surface area contributed by atoms with Crippen molar-refractivity contribution in [2.75, 3.05) is 0 Å². The van der Waals surface area contributed by atoms with Gasteiger partial charge in [-0.05, 0) is 29.3 Å². The van der Waals surface area contributed by atoms with Crippen LogP contribution in [-0.2, 0) is 16.2 Å². The third-order valence-electron chi connectivity index (χ3n) is 3.53. The van der Waals surface area contributed by atoms with Crippen molar-refractivity contribution in [3.05, 3.63) is 66.5 Å². The highest BCUT2D eigenvalue weighted by molar-refractivity contribution is 7.89. The lowest BCUT2D eigenvalue weighted by Gasteiger charge is -2.18. The summed E-state index contributed by atoms with van der Waals surface area (Å²) in [5.74, 6) is 0. The largest absolute Gasteiger partial charge is 0.418 e. The zero-order chi connectivity index (χ0) is 18.2. The van der Waals surface area contributed by atoms with Gasteiger partial charge in [-0.3, -0.25) is 0 Å². The van der Waals surface area contributed by atoms with Crippen molar-refractivity contribution in [2.45, 2.75) is 11.1 Å². The Hall–Kier alpha value is -2.65. The highest BCUT2D eigenvalue weighted by Crippen LogP contribution is 2.39. The zero-order valence-electron chi connectivity index (χ0n) is 12.6. The van der Waals surface area contributed by atoms with Gasteiger partial charge in [0.15, 0.2) is 0 Å². The van der Waals surface area contributed by atoms with Crippen molar-refractivity contribution < 1.29 is 21.6 Å². The number of aromatic nitrogens is 2. The number of nitrogens with zero attached hydrogens (tertiary/aromatic N) is 2. The Bertz CT molecular complexity index is 999. The van der Waals surface area contributed by atoms with Crippen molar-refractivity contribution in [3.8, 4) is 16.8 Å². The Kier molecular flexibility index (Phi) is 4.13. The molecule has 0 aliphatic heterocycles. The Morgan fingerprint density at radius 2 is 1.68 bits per heavy atom. The molecule has 2 aromatic carbocycles. The lowest BCUT2D eigenvalue weighted by atomic mass is 10.0. The van der Waals surface area contributed by atoms with Gasteiger partial charge in [0.25, 0.3) is 0 Å². The van der Waals surface area contributed by atoms with Crippen LogP contribution in [0.1, 0.15) is 5.56 Å². The number of hydrogen-bond donors (Lipinski definition) is 1. The molecule has 0 aliphatic rings. The number of sulfonamides is 1. The second kappa shape index (κ2) is 6.01. The molecule has 3 rings (SSSR count). The molecule has 0 aliphatic carbocycles. The molecule has 0 unspecified atom stereocenters. The highest BCUT2D eigenvalue weighted by atomic mass is 32.2. The fraction of sp³-hybridized carbons (Fsp3) is 0.0625. The average Bonchev–Trinajstić information content (AvgIpc) is 3.07. The molecule has 25 heavy (non-hydrogen) atoms. The molecule has 0 amide bonds. The fourth-order valence-corrected chi connectivity index (χ4v) is 3.24. The minimum absolute atomic E-state index is 0.0906. The predicted molar refractivity (Wildman–Crippen MR) is 85.4 cm³/mol. The number of primary sulfonamides is 1. The van der Waals surface area contributed by atoms with E-state index in [0.717, 1.165) is 16.8 Å². The van der Waals surface area contributed by atoms with E-state index in [4.69, 9.17) is 5.14 Å². The van der Waals surface area contributed by atoms with Crippen LogP contribution in [0.3, 0.4) is 0 Å².